The molecular formula is C23H24N2O3. The molecule has 3 rings (SSSR count). The zero-order valence-electron chi connectivity index (χ0n) is 16.2. The van der Waals surface area contributed by atoms with Crippen molar-refractivity contribution in [1.29, 1.82) is 0 Å². The first-order valence-corrected chi connectivity index (χ1v) is 9.57. The van der Waals surface area contributed by atoms with Gasteiger partial charge in [-0.3, -0.25) is 0 Å². The molecule has 1 heterocycles. The third-order valence-electron chi connectivity index (χ3n) is 4.32. The van der Waals surface area contributed by atoms with Gasteiger partial charge in [0.1, 0.15) is 6.61 Å². The van der Waals surface area contributed by atoms with Crippen LogP contribution in [0.1, 0.15) is 42.6 Å². The third-order valence-corrected chi connectivity index (χ3v) is 4.32. The van der Waals surface area contributed by atoms with Gasteiger partial charge in [0.15, 0.2) is 0 Å². The number of carbonyl (C=O) groups excluding carboxylic acids is 1. The number of allylic oxidation sites excluding steroid dienone is 1. The average Bonchev–Trinajstić information content (AvgIpc) is 3.23. The molecule has 1 aromatic heterocycles. The highest BCUT2D eigenvalue weighted by Gasteiger charge is 2.18. The van der Waals surface area contributed by atoms with Crippen molar-refractivity contribution in [2.75, 3.05) is 6.61 Å². The molecule has 0 fully saturated rings. The quantitative estimate of drug-likeness (QED) is 0.385. The van der Waals surface area contributed by atoms with Gasteiger partial charge in [-0.15, -0.1) is 10.2 Å². The van der Waals surface area contributed by atoms with Crippen molar-refractivity contribution in [3.05, 3.63) is 71.8 Å². The number of ether oxygens (including phenoxy) is 1. The molecule has 2 aromatic carbocycles. The summed E-state index contributed by atoms with van der Waals surface area (Å²) in [7, 11) is 0. The molecule has 0 aliphatic rings. The van der Waals surface area contributed by atoms with Gasteiger partial charge < -0.3 is 9.15 Å². The van der Waals surface area contributed by atoms with E-state index in [1.807, 2.05) is 36.4 Å². The van der Waals surface area contributed by atoms with Crippen LogP contribution >= 0.6 is 0 Å². The van der Waals surface area contributed by atoms with Crippen molar-refractivity contribution in [3.8, 4) is 22.9 Å². The Kier molecular flexibility index (Phi) is 6.73. The lowest BCUT2D eigenvalue weighted by atomic mass is 10.1. The van der Waals surface area contributed by atoms with Crippen LogP contribution in [0.3, 0.4) is 0 Å². The van der Waals surface area contributed by atoms with Gasteiger partial charge in [0, 0.05) is 5.56 Å². The molecule has 0 amide bonds. The summed E-state index contributed by atoms with van der Waals surface area (Å²) in [6.45, 7) is 4.44. The number of aromatic nitrogens is 2. The Morgan fingerprint density at radius 3 is 2.68 bits per heavy atom. The predicted octanol–water partition coefficient (Wildman–Crippen LogP) is 5.48. The minimum atomic E-state index is -0.413. The number of carbonyl (C=O) groups is 1. The summed E-state index contributed by atoms with van der Waals surface area (Å²) < 4.78 is 11.2. The molecule has 5 heteroatoms. The van der Waals surface area contributed by atoms with Crippen LogP contribution in [0.4, 0.5) is 0 Å². The molecule has 0 aliphatic heterocycles. The fraction of sp³-hybridized carbons (Fsp3) is 0.261. The van der Waals surface area contributed by atoms with Crippen LogP contribution in [0.25, 0.3) is 22.9 Å². The van der Waals surface area contributed by atoms with Crippen molar-refractivity contribution in [1.82, 2.24) is 10.2 Å². The van der Waals surface area contributed by atoms with Gasteiger partial charge in [-0.2, -0.15) is 0 Å². The van der Waals surface area contributed by atoms with Crippen LogP contribution in [0.5, 0.6) is 0 Å². The number of rotatable bonds is 8. The normalized spacial score (nSPS) is 11.1. The SMILES string of the molecule is CCCC=CCOC(=O)c1ccccc1-c1nnc(-c2cccc(CC)c2)o1. The minimum absolute atomic E-state index is 0.242. The van der Waals surface area contributed by atoms with Crippen molar-refractivity contribution in [3.63, 3.8) is 0 Å². The highest BCUT2D eigenvalue weighted by Crippen LogP contribution is 2.27. The number of esters is 1. The highest BCUT2D eigenvalue weighted by atomic mass is 16.5. The van der Waals surface area contributed by atoms with Crippen LogP contribution in [0.2, 0.25) is 0 Å². The van der Waals surface area contributed by atoms with E-state index in [1.54, 1.807) is 18.2 Å². The molecule has 5 nitrogen and oxygen atoms in total. The molecule has 0 N–H and O–H groups in total. The van der Waals surface area contributed by atoms with Gasteiger partial charge in [-0.05, 0) is 42.7 Å². The molecule has 0 spiro atoms. The lowest BCUT2D eigenvalue weighted by molar-refractivity contribution is 0.0550. The summed E-state index contributed by atoms with van der Waals surface area (Å²) in [5.41, 5.74) is 3.02. The van der Waals surface area contributed by atoms with E-state index >= 15 is 0 Å². The molecule has 3 aromatic rings. The number of unbranched alkanes of at least 4 members (excludes halogenated alkanes) is 1. The maximum absolute atomic E-state index is 12.5. The molecule has 0 saturated heterocycles. The Bertz CT molecular complexity index is 960. The fourth-order valence-corrected chi connectivity index (χ4v) is 2.77. The zero-order chi connectivity index (χ0) is 19.8. The fourth-order valence-electron chi connectivity index (χ4n) is 2.77. The molecule has 0 saturated carbocycles. The number of hydrogen-bond acceptors (Lipinski definition) is 5. The second-order valence-corrected chi connectivity index (χ2v) is 6.37. The van der Waals surface area contributed by atoms with Crippen LogP contribution in [-0.4, -0.2) is 22.8 Å². The van der Waals surface area contributed by atoms with Crippen LogP contribution in [0, 0.1) is 0 Å². The van der Waals surface area contributed by atoms with Crippen molar-refractivity contribution in [2.45, 2.75) is 33.1 Å². The Hall–Kier alpha value is -3.21. The maximum atomic E-state index is 12.5. The van der Waals surface area contributed by atoms with Gasteiger partial charge in [0.2, 0.25) is 11.8 Å². The molecule has 0 bridgehead atoms. The first kappa shape index (κ1) is 19.5. The molecule has 0 unspecified atom stereocenters. The summed E-state index contributed by atoms with van der Waals surface area (Å²) in [6, 6.07) is 15.1. The van der Waals surface area contributed by atoms with E-state index in [0.717, 1.165) is 24.8 Å². The Labute approximate surface area is 165 Å². The number of hydrogen-bond donors (Lipinski definition) is 0. The summed E-state index contributed by atoms with van der Waals surface area (Å²) in [5, 5.41) is 8.30. The minimum Gasteiger partial charge on any atom is -0.458 e. The second-order valence-electron chi connectivity index (χ2n) is 6.37. The maximum Gasteiger partial charge on any atom is 0.339 e. The molecule has 0 atom stereocenters. The largest absolute Gasteiger partial charge is 0.458 e. The van der Waals surface area contributed by atoms with Gasteiger partial charge in [-0.1, -0.05) is 56.7 Å². The monoisotopic (exact) mass is 376 g/mol. The molecule has 28 heavy (non-hydrogen) atoms. The first-order valence-electron chi connectivity index (χ1n) is 9.57. The smallest absolute Gasteiger partial charge is 0.339 e. The number of aryl methyl sites for hydroxylation is 1. The van der Waals surface area contributed by atoms with E-state index in [-0.39, 0.29) is 6.61 Å². The third kappa shape index (κ3) is 4.74. The van der Waals surface area contributed by atoms with Gasteiger partial charge in [0.25, 0.3) is 0 Å². The Balaban J connectivity index is 1.81. The summed E-state index contributed by atoms with van der Waals surface area (Å²) in [6.07, 6.45) is 6.83. The molecule has 0 aliphatic carbocycles. The van der Waals surface area contributed by atoms with Crippen LogP contribution in [-0.2, 0) is 11.2 Å². The lowest BCUT2D eigenvalue weighted by Gasteiger charge is -2.05. The Morgan fingerprint density at radius 2 is 1.86 bits per heavy atom. The number of benzene rings is 2. The van der Waals surface area contributed by atoms with E-state index in [4.69, 9.17) is 9.15 Å². The van der Waals surface area contributed by atoms with Gasteiger partial charge in [-0.25, -0.2) is 4.79 Å². The van der Waals surface area contributed by atoms with E-state index < -0.39 is 5.97 Å². The summed E-state index contributed by atoms with van der Waals surface area (Å²) >= 11 is 0. The molecule has 0 radical (unpaired) electrons. The lowest BCUT2D eigenvalue weighted by Crippen LogP contribution is -2.07. The molecular weight excluding hydrogens is 352 g/mol. The molecule has 144 valence electrons. The first-order chi connectivity index (χ1) is 13.7. The van der Waals surface area contributed by atoms with Crippen LogP contribution < -0.4 is 0 Å². The van der Waals surface area contributed by atoms with E-state index in [2.05, 4.69) is 30.1 Å². The van der Waals surface area contributed by atoms with Crippen molar-refractivity contribution < 1.29 is 13.9 Å². The summed E-state index contributed by atoms with van der Waals surface area (Å²) in [5.74, 6) is 0.312. The second kappa shape index (κ2) is 9.65. The standard InChI is InChI=1S/C23H24N2O3/c1-3-5-6-9-15-27-23(26)20-14-8-7-13-19(20)22-25-24-21(28-22)18-12-10-11-17(4-2)16-18/h6-14,16H,3-5,15H2,1-2H3. The van der Waals surface area contributed by atoms with E-state index in [1.165, 1.54) is 5.56 Å². The van der Waals surface area contributed by atoms with Crippen LogP contribution in [0.15, 0.2) is 65.1 Å². The number of nitrogens with zero attached hydrogens (tertiary/aromatic N) is 2. The van der Waals surface area contributed by atoms with Gasteiger partial charge in [0.05, 0.1) is 11.1 Å². The van der Waals surface area contributed by atoms with E-state index in [9.17, 15) is 4.79 Å². The average molecular weight is 376 g/mol. The summed E-state index contributed by atoms with van der Waals surface area (Å²) in [4.78, 5) is 12.5. The van der Waals surface area contributed by atoms with E-state index in [0.29, 0.717) is 22.9 Å². The zero-order valence-corrected chi connectivity index (χ0v) is 16.2. The topological polar surface area (TPSA) is 65.2 Å². The van der Waals surface area contributed by atoms with Crippen molar-refractivity contribution >= 4 is 5.97 Å². The highest BCUT2D eigenvalue weighted by molar-refractivity contribution is 5.96. The van der Waals surface area contributed by atoms with Gasteiger partial charge >= 0.3 is 5.97 Å². The van der Waals surface area contributed by atoms with Crippen molar-refractivity contribution in [2.24, 2.45) is 0 Å². The predicted molar refractivity (Wildman–Crippen MR) is 109 cm³/mol. The Morgan fingerprint density at radius 1 is 1.04 bits per heavy atom.